The number of halogens is 1. The zero-order valence-corrected chi connectivity index (χ0v) is 16.7. The number of nitrogens with zero attached hydrogens (tertiary/aromatic N) is 3. The van der Waals surface area contributed by atoms with Crippen LogP contribution >= 0.6 is 27.7 Å². The van der Waals surface area contributed by atoms with Crippen molar-refractivity contribution in [2.45, 2.75) is 24.5 Å². The fourth-order valence-corrected chi connectivity index (χ4v) is 3.58. The molecule has 3 aromatic rings. The van der Waals surface area contributed by atoms with E-state index in [9.17, 15) is 4.79 Å². The van der Waals surface area contributed by atoms with Crippen LogP contribution in [0.5, 0.6) is 0 Å². The summed E-state index contributed by atoms with van der Waals surface area (Å²) in [5.41, 5.74) is 2.07. The van der Waals surface area contributed by atoms with Crippen LogP contribution in [0.15, 0.2) is 70.6 Å². The zero-order chi connectivity index (χ0) is 18.4. The lowest BCUT2D eigenvalue weighted by Crippen LogP contribution is -2.29. The molecule has 1 amide bonds. The maximum absolute atomic E-state index is 12.4. The number of aromatic nitrogens is 3. The van der Waals surface area contributed by atoms with Crippen molar-refractivity contribution in [1.82, 2.24) is 20.1 Å². The number of amides is 1. The van der Waals surface area contributed by atoms with Gasteiger partial charge in [-0.25, -0.2) is 0 Å². The Hall–Kier alpha value is -2.12. The molecule has 0 aliphatic heterocycles. The number of carbonyl (C=O) groups excluding carboxylic acids is 1. The Morgan fingerprint density at radius 2 is 1.92 bits per heavy atom. The lowest BCUT2D eigenvalue weighted by molar-refractivity contribution is -0.119. The summed E-state index contributed by atoms with van der Waals surface area (Å²) in [6.07, 6.45) is 2.49. The van der Waals surface area contributed by atoms with Crippen LogP contribution in [0.2, 0.25) is 0 Å². The Morgan fingerprint density at radius 1 is 1.19 bits per heavy atom. The van der Waals surface area contributed by atoms with Crippen molar-refractivity contribution in [3.8, 4) is 5.69 Å². The molecule has 1 atom stereocenters. The van der Waals surface area contributed by atoms with Crippen molar-refractivity contribution in [3.05, 3.63) is 71.0 Å². The normalized spacial score (nSPS) is 11.9. The summed E-state index contributed by atoms with van der Waals surface area (Å²) in [5.74, 6) is 0.269. The van der Waals surface area contributed by atoms with Gasteiger partial charge in [0.2, 0.25) is 5.91 Å². The first-order valence-electron chi connectivity index (χ1n) is 8.30. The molecule has 1 aromatic heterocycles. The average molecular weight is 431 g/mol. The van der Waals surface area contributed by atoms with Crippen molar-refractivity contribution in [2.75, 3.05) is 5.75 Å². The van der Waals surface area contributed by atoms with E-state index >= 15 is 0 Å². The van der Waals surface area contributed by atoms with Crippen molar-refractivity contribution < 1.29 is 4.79 Å². The van der Waals surface area contributed by atoms with Gasteiger partial charge in [0.05, 0.1) is 11.8 Å². The Bertz CT molecular complexity index is 851. The van der Waals surface area contributed by atoms with Crippen LogP contribution < -0.4 is 5.32 Å². The topological polar surface area (TPSA) is 59.8 Å². The van der Waals surface area contributed by atoms with Gasteiger partial charge in [0.15, 0.2) is 5.16 Å². The monoisotopic (exact) mass is 430 g/mol. The fraction of sp³-hybridized carbons (Fsp3) is 0.211. The number of para-hydroxylation sites is 1. The van der Waals surface area contributed by atoms with Gasteiger partial charge in [-0.05, 0) is 36.2 Å². The second-order valence-electron chi connectivity index (χ2n) is 5.69. The molecule has 0 saturated heterocycles. The molecule has 0 unspecified atom stereocenters. The van der Waals surface area contributed by atoms with E-state index in [1.807, 2.05) is 59.2 Å². The van der Waals surface area contributed by atoms with Gasteiger partial charge in [-0.15, -0.1) is 10.2 Å². The van der Waals surface area contributed by atoms with E-state index < -0.39 is 0 Å². The number of thioether (sulfide) groups is 1. The number of carbonyl (C=O) groups is 1. The summed E-state index contributed by atoms with van der Waals surface area (Å²) in [5, 5.41) is 11.9. The van der Waals surface area contributed by atoms with Gasteiger partial charge < -0.3 is 5.32 Å². The van der Waals surface area contributed by atoms with E-state index in [1.165, 1.54) is 11.8 Å². The van der Waals surface area contributed by atoms with Gasteiger partial charge >= 0.3 is 0 Å². The highest BCUT2D eigenvalue weighted by Gasteiger charge is 2.15. The molecular weight excluding hydrogens is 412 g/mol. The molecule has 1 heterocycles. The summed E-state index contributed by atoms with van der Waals surface area (Å²) in [6.45, 7) is 2.06. The molecule has 0 radical (unpaired) electrons. The molecule has 0 aliphatic carbocycles. The smallest absolute Gasteiger partial charge is 0.230 e. The summed E-state index contributed by atoms with van der Waals surface area (Å²) in [6, 6.07) is 17.9. The minimum absolute atomic E-state index is 0.00296. The predicted molar refractivity (Wildman–Crippen MR) is 107 cm³/mol. The minimum atomic E-state index is -0.0209. The van der Waals surface area contributed by atoms with Crippen LogP contribution in [-0.2, 0) is 4.79 Å². The molecule has 5 nitrogen and oxygen atoms in total. The first-order valence-corrected chi connectivity index (χ1v) is 10.1. The van der Waals surface area contributed by atoms with Crippen LogP contribution in [0.1, 0.15) is 24.9 Å². The molecule has 3 rings (SSSR count). The predicted octanol–water partition coefficient (Wildman–Crippen LogP) is 4.39. The van der Waals surface area contributed by atoms with Crippen LogP contribution in [0.3, 0.4) is 0 Å². The number of nitrogens with one attached hydrogen (secondary N) is 1. The summed E-state index contributed by atoms with van der Waals surface area (Å²) in [4.78, 5) is 12.4. The Morgan fingerprint density at radius 3 is 2.62 bits per heavy atom. The minimum Gasteiger partial charge on any atom is -0.349 e. The molecule has 1 N–H and O–H groups in total. The molecule has 26 heavy (non-hydrogen) atoms. The maximum Gasteiger partial charge on any atom is 0.230 e. The van der Waals surface area contributed by atoms with Crippen LogP contribution in [-0.4, -0.2) is 26.4 Å². The van der Waals surface area contributed by atoms with Gasteiger partial charge in [-0.3, -0.25) is 9.36 Å². The molecule has 0 saturated carbocycles. The average Bonchev–Trinajstić information content (AvgIpc) is 3.14. The lowest BCUT2D eigenvalue weighted by atomic mass is 10.0. The van der Waals surface area contributed by atoms with E-state index in [4.69, 9.17) is 0 Å². The van der Waals surface area contributed by atoms with E-state index in [1.54, 1.807) is 6.33 Å². The lowest BCUT2D eigenvalue weighted by Gasteiger charge is -2.17. The maximum atomic E-state index is 12.4. The molecule has 0 spiro atoms. The Kier molecular flexibility index (Phi) is 6.46. The largest absolute Gasteiger partial charge is 0.349 e. The SMILES string of the molecule is CC[C@@H](NC(=O)CSc1nncn1-c1ccccc1)c1ccc(Br)cc1. The summed E-state index contributed by atoms with van der Waals surface area (Å²) in [7, 11) is 0. The molecule has 134 valence electrons. The second-order valence-corrected chi connectivity index (χ2v) is 7.55. The highest BCUT2D eigenvalue weighted by atomic mass is 79.9. The van der Waals surface area contributed by atoms with Crippen molar-refractivity contribution in [3.63, 3.8) is 0 Å². The van der Waals surface area contributed by atoms with Gasteiger partial charge in [0.1, 0.15) is 6.33 Å². The molecule has 0 fully saturated rings. The first-order chi connectivity index (χ1) is 12.7. The summed E-state index contributed by atoms with van der Waals surface area (Å²) >= 11 is 4.81. The van der Waals surface area contributed by atoms with Gasteiger partial charge in [-0.1, -0.05) is 64.9 Å². The zero-order valence-electron chi connectivity index (χ0n) is 14.3. The molecular formula is C19H19BrN4OS. The molecule has 2 aromatic carbocycles. The fourth-order valence-electron chi connectivity index (χ4n) is 2.57. The number of benzene rings is 2. The quantitative estimate of drug-likeness (QED) is 0.564. The summed E-state index contributed by atoms with van der Waals surface area (Å²) < 4.78 is 2.91. The van der Waals surface area contributed by atoms with E-state index in [0.717, 1.165) is 22.1 Å². The molecule has 0 bridgehead atoms. The third-order valence-corrected chi connectivity index (χ3v) is 5.37. The number of rotatable bonds is 7. The standard InChI is InChI=1S/C19H19BrN4OS/c1-2-17(14-8-10-15(20)11-9-14)22-18(25)12-26-19-23-21-13-24(19)16-6-4-3-5-7-16/h3-11,13,17H,2,12H2,1H3,(H,22,25)/t17-/m1/s1. The number of hydrogen-bond donors (Lipinski definition) is 1. The van der Waals surface area contributed by atoms with Crippen LogP contribution in [0, 0.1) is 0 Å². The van der Waals surface area contributed by atoms with Gasteiger partial charge in [-0.2, -0.15) is 0 Å². The van der Waals surface area contributed by atoms with Gasteiger partial charge in [0.25, 0.3) is 0 Å². The van der Waals surface area contributed by atoms with E-state index in [0.29, 0.717) is 10.9 Å². The number of hydrogen-bond acceptors (Lipinski definition) is 4. The highest BCUT2D eigenvalue weighted by Crippen LogP contribution is 2.22. The van der Waals surface area contributed by atoms with E-state index in [-0.39, 0.29) is 11.9 Å². The Labute approximate surface area is 165 Å². The third kappa shape index (κ3) is 4.74. The van der Waals surface area contributed by atoms with E-state index in [2.05, 4.69) is 38.4 Å². The van der Waals surface area contributed by atoms with Crippen molar-refractivity contribution >= 4 is 33.6 Å². The second kappa shape index (κ2) is 9.00. The molecule has 0 aliphatic rings. The van der Waals surface area contributed by atoms with Gasteiger partial charge in [0, 0.05) is 10.2 Å². The van der Waals surface area contributed by atoms with Crippen LogP contribution in [0.4, 0.5) is 0 Å². The highest BCUT2D eigenvalue weighted by molar-refractivity contribution is 9.10. The molecule has 7 heteroatoms. The Balaban J connectivity index is 1.61. The first kappa shape index (κ1) is 18.7. The van der Waals surface area contributed by atoms with Crippen molar-refractivity contribution in [1.29, 1.82) is 0 Å². The third-order valence-electron chi connectivity index (χ3n) is 3.90. The van der Waals surface area contributed by atoms with Crippen LogP contribution in [0.25, 0.3) is 5.69 Å². The van der Waals surface area contributed by atoms with Crippen molar-refractivity contribution in [2.24, 2.45) is 0 Å².